The van der Waals surface area contributed by atoms with Crippen LogP contribution >= 0.6 is 11.3 Å². The van der Waals surface area contributed by atoms with Crippen LogP contribution in [0.3, 0.4) is 0 Å². The Kier molecular flexibility index (Phi) is 4.64. The summed E-state index contributed by atoms with van der Waals surface area (Å²) in [6.45, 7) is 2.24. The summed E-state index contributed by atoms with van der Waals surface area (Å²) in [4.78, 5) is 0. The van der Waals surface area contributed by atoms with Gasteiger partial charge in [0.1, 0.15) is 0 Å². The van der Waals surface area contributed by atoms with Gasteiger partial charge >= 0.3 is 0 Å². The molecule has 0 saturated heterocycles. The minimum absolute atomic E-state index is 1.03. The van der Waals surface area contributed by atoms with Crippen molar-refractivity contribution in [1.82, 2.24) is 0 Å². The molecule has 0 unspecified atom stereocenters. The molecule has 0 radical (unpaired) electrons. The monoisotopic (exact) mass is 242 g/mol. The van der Waals surface area contributed by atoms with E-state index in [-0.39, 0.29) is 0 Å². The van der Waals surface area contributed by atoms with Gasteiger partial charge in [0.25, 0.3) is 0 Å². The predicted octanol–water partition coefficient (Wildman–Crippen LogP) is 5.22. The minimum atomic E-state index is 1.03. The van der Waals surface area contributed by atoms with E-state index in [4.69, 9.17) is 0 Å². The second-order valence-corrected chi connectivity index (χ2v) is 5.23. The van der Waals surface area contributed by atoms with Gasteiger partial charge in [0, 0.05) is 16.7 Å². The lowest BCUT2D eigenvalue weighted by Crippen LogP contribution is -1.76. The third kappa shape index (κ3) is 3.61. The summed E-state index contributed by atoms with van der Waals surface area (Å²) in [7, 11) is 0. The molecule has 1 aromatic heterocycles. The van der Waals surface area contributed by atoms with E-state index in [0.717, 1.165) is 12.0 Å². The van der Waals surface area contributed by atoms with Crippen molar-refractivity contribution < 1.29 is 0 Å². The van der Waals surface area contributed by atoms with Crippen molar-refractivity contribution in [3.05, 3.63) is 35.2 Å². The zero-order chi connectivity index (χ0) is 11.9. The van der Waals surface area contributed by atoms with Gasteiger partial charge in [0.05, 0.1) is 0 Å². The van der Waals surface area contributed by atoms with Crippen LogP contribution in [0.15, 0.2) is 29.6 Å². The third-order valence-electron chi connectivity index (χ3n) is 2.84. The molecule has 0 aliphatic rings. The molecule has 0 aliphatic carbocycles. The van der Waals surface area contributed by atoms with E-state index in [1.165, 1.54) is 35.8 Å². The molecule has 0 atom stereocenters. The summed E-state index contributed by atoms with van der Waals surface area (Å²) in [5.41, 5.74) is 1.14. The molecule has 88 valence electrons. The summed E-state index contributed by atoms with van der Waals surface area (Å²) in [5, 5.41) is 3.44. The maximum Gasteiger partial charge on any atom is 0.0343 e. The normalized spacial score (nSPS) is 10.2. The third-order valence-corrected chi connectivity index (χ3v) is 3.74. The fourth-order valence-corrected chi connectivity index (χ4v) is 2.62. The molecule has 1 heterocycles. The topological polar surface area (TPSA) is 0 Å². The van der Waals surface area contributed by atoms with E-state index in [0.29, 0.717) is 0 Å². The summed E-state index contributed by atoms with van der Waals surface area (Å²) < 4.78 is 1.35. The highest BCUT2D eigenvalue weighted by Crippen LogP contribution is 2.21. The fraction of sp³-hybridized carbons (Fsp3) is 0.375. The first-order valence-electron chi connectivity index (χ1n) is 6.36. The zero-order valence-electron chi connectivity index (χ0n) is 10.3. The van der Waals surface area contributed by atoms with E-state index in [9.17, 15) is 0 Å². The van der Waals surface area contributed by atoms with Crippen LogP contribution in [0.1, 0.15) is 44.6 Å². The average Bonchev–Trinajstić information content (AvgIpc) is 2.81. The van der Waals surface area contributed by atoms with Crippen molar-refractivity contribution >= 4 is 21.4 Å². The highest BCUT2D eigenvalue weighted by atomic mass is 32.1. The van der Waals surface area contributed by atoms with Crippen LogP contribution in [0.5, 0.6) is 0 Å². The molecular formula is C16H18S. The van der Waals surface area contributed by atoms with Gasteiger partial charge in [0.2, 0.25) is 0 Å². The van der Waals surface area contributed by atoms with Gasteiger partial charge in [-0.25, -0.2) is 0 Å². The van der Waals surface area contributed by atoms with Crippen LogP contribution in [-0.4, -0.2) is 0 Å². The minimum Gasteiger partial charge on any atom is -0.144 e. The molecule has 0 N–H and O–H groups in total. The van der Waals surface area contributed by atoms with Gasteiger partial charge in [0.15, 0.2) is 0 Å². The highest BCUT2D eigenvalue weighted by molar-refractivity contribution is 7.17. The van der Waals surface area contributed by atoms with Gasteiger partial charge < -0.3 is 0 Å². The molecule has 0 saturated carbocycles. The number of rotatable bonds is 4. The molecule has 0 aliphatic heterocycles. The van der Waals surface area contributed by atoms with Gasteiger partial charge in [-0.3, -0.25) is 0 Å². The van der Waals surface area contributed by atoms with Crippen LogP contribution in [0.4, 0.5) is 0 Å². The van der Waals surface area contributed by atoms with Crippen molar-refractivity contribution in [2.75, 3.05) is 0 Å². The van der Waals surface area contributed by atoms with Crippen molar-refractivity contribution in [1.29, 1.82) is 0 Å². The fourth-order valence-electron chi connectivity index (χ4n) is 1.85. The molecule has 1 heteroatoms. The van der Waals surface area contributed by atoms with E-state index in [1.807, 2.05) is 0 Å². The first-order chi connectivity index (χ1) is 8.40. The lowest BCUT2D eigenvalue weighted by Gasteiger charge is -1.93. The lowest BCUT2D eigenvalue weighted by molar-refractivity contribution is 0.679. The van der Waals surface area contributed by atoms with Crippen LogP contribution < -0.4 is 0 Å². The summed E-state index contributed by atoms with van der Waals surface area (Å²) >= 11 is 1.79. The van der Waals surface area contributed by atoms with Crippen molar-refractivity contribution in [3.8, 4) is 11.8 Å². The van der Waals surface area contributed by atoms with E-state index in [2.05, 4.69) is 48.4 Å². The molecular weight excluding hydrogens is 224 g/mol. The van der Waals surface area contributed by atoms with Gasteiger partial charge in [-0.1, -0.05) is 38.0 Å². The Hall–Kier alpha value is -1.26. The number of thiophene rings is 1. The predicted molar refractivity (Wildman–Crippen MR) is 77.5 cm³/mol. The Morgan fingerprint density at radius 2 is 2.06 bits per heavy atom. The number of unbranched alkanes of at least 4 members (excludes halogenated alkanes) is 4. The maximum absolute atomic E-state index is 3.27. The molecule has 0 amide bonds. The molecule has 0 fully saturated rings. The van der Waals surface area contributed by atoms with Gasteiger partial charge in [-0.2, -0.15) is 0 Å². The number of fused-ring (bicyclic) bond motifs is 1. The Labute approximate surface area is 108 Å². The van der Waals surface area contributed by atoms with Crippen LogP contribution in [0.25, 0.3) is 10.1 Å². The number of hydrogen-bond acceptors (Lipinski definition) is 1. The van der Waals surface area contributed by atoms with Crippen molar-refractivity contribution in [3.63, 3.8) is 0 Å². The van der Waals surface area contributed by atoms with E-state index in [1.54, 1.807) is 11.3 Å². The summed E-state index contributed by atoms with van der Waals surface area (Å²) in [5.74, 6) is 6.53. The van der Waals surface area contributed by atoms with Crippen LogP contribution in [0, 0.1) is 11.8 Å². The Morgan fingerprint density at radius 3 is 2.94 bits per heavy atom. The largest absolute Gasteiger partial charge is 0.144 e. The van der Waals surface area contributed by atoms with E-state index < -0.39 is 0 Å². The Bertz CT molecular complexity index is 525. The molecule has 0 bridgehead atoms. The van der Waals surface area contributed by atoms with Crippen LogP contribution in [0.2, 0.25) is 0 Å². The first kappa shape index (κ1) is 12.2. The standard InChI is InChI=1S/C16H18S/c1-2-3-4-5-6-7-8-14-9-10-16-15(13-14)11-12-17-16/h9-13H,2-6H2,1H3. The van der Waals surface area contributed by atoms with Gasteiger partial charge in [-0.05, 0) is 41.5 Å². The second kappa shape index (κ2) is 6.47. The van der Waals surface area contributed by atoms with Crippen molar-refractivity contribution in [2.24, 2.45) is 0 Å². The molecule has 0 spiro atoms. The second-order valence-electron chi connectivity index (χ2n) is 4.29. The van der Waals surface area contributed by atoms with Gasteiger partial charge in [-0.15, -0.1) is 11.3 Å². The lowest BCUT2D eigenvalue weighted by atomic mass is 10.1. The highest BCUT2D eigenvalue weighted by Gasteiger charge is 1.94. The Balaban J connectivity index is 1.91. The SMILES string of the molecule is CCCCCCC#Cc1ccc2sccc2c1. The average molecular weight is 242 g/mol. The van der Waals surface area contributed by atoms with E-state index >= 15 is 0 Å². The zero-order valence-corrected chi connectivity index (χ0v) is 11.1. The smallest absolute Gasteiger partial charge is 0.0343 e. The quantitative estimate of drug-likeness (QED) is 0.509. The molecule has 2 aromatic rings. The summed E-state index contributed by atoms with van der Waals surface area (Å²) in [6.07, 6.45) is 6.21. The Morgan fingerprint density at radius 1 is 1.12 bits per heavy atom. The number of benzene rings is 1. The van der Waals surface area contributed by atoms with Crippen LogP contribution in [-0.2, 0) is 0 Å². The molecule has 0 nitrogen and oxygen atoms in total. The first-order valence-corrected chi connectivity index (χ1v) is 7.24. The maximum atomic E-state index is 3.27. The van der Waals surface area contributed by atoms with Crippen molar-refractivity contribution in [2.45, 2.75) is 39.0 Å². The molecule has 17 heavy (non-hydrogen) atoms. The summed E-state index contributed by atoms with van der Waals surface area (Å²) in [6, 6.07) is 8.64. The molecule has 2 rings (SSSR count). The number of hydrogen-bond donors (Lipinski definition) is 0. The molecule has 1 aromatic carbocycles.